The normalized spacial score (nSPS) is 15.6. The van der Waals surface area contributed by atoms with Gasteiger partial charge in [-0.3, -0.25) is 0 Å². The van der Waals surface area contributed by atoms with E-state index in [4.69, 9.17) is 9.72 Å². The molecule has 0 atom stereocenters. The van der Waals surface area contributed by atoms with Crippen LogP contribution in [0.15, 0.2) is 91.0 Å². The topological polar surface area (TPSA) is 47.3 Å². The van der Waals surface area contributed by atoms with E-state index in [9.17, 15) is 5.11 Å². The average molecular weight is 411 g/mol. The minimum atomic E-state index is -1.01. The number of benzene rings is 3. The molecule has 0 spiro atoms. The van der Waals surface area contributed by atoms with Gasteiger partial charge in [0, 0.05) is 43.7 Å². The number of hydrogen-bond donors (Lipinski definition) is 1. The minimum absolute atomic E-state index is 0.538. The van der Waals surface area contributed by atoms with Gasteiger partial charge in [-0.05, 0) is 5.56 Å². The number of hydrogen-bond acceptors (Lipinski definition) is 3. The summed E-state index contributed by atoms with van der Waals surface area (Å²) in [6.45, 7) is 1.72. The van der Waals surface area contributed by atoms with E-state index < -0.39 is 5.60 Å². The Morgan fingerprint density at radius 2 is 1.32 bits per heavy atom. The van der Waals surface area contributed by atoms with Crippen LogP contribution in [0.3, 0.4) is 0 Å². The molecule has 0 aliphatic carbocycles. The van der Waals surface area contributed by atoms with Gasteiger partial charge in [-0.1, -0.05) is 91.0 Å². The van der Waals surface area contributed by atoms with Crippen molar-refractivity contribution in [3.63, 3.8) is 0 Å². The minimum Gasteiger partial charge on any atom is -0.382 e. The summed E-state index contributed by atoms with van der Waals surface area (Å²) >= 11 is 0. The van der Waals surface area contributed by atoms with Crippen LogP contribution in [-0.4, -0.2) is 27.9 Å². The van der Waals surface area contributed by atoms with E-state index in [1.54, 1.807) is 0 Å². The smallest absolute Gasteiger partial charge is 0.142 e. The lowest BCUT2D eigenvalue weighted by atomic mass is 9.93. The predicted molar refractivity (Wildman–Crippen MR) is 123 cm³/mol. The molecule has 2 heterocycles. The van der Waals surface area contributed by atoms with Crippen LogP contribution in [0, 0.1) is 0 Å². The molecule has 0 bridgehead atoms. The number of ether oxygens (including phenoxy) is 1. The zero-order valence-corrected chi connectivity index (χ0v) is 17.4. The molecule has 4 nitrogen and oxygen atoms in total. The third kappa shape index (κ3) is 3.92. The van der Waals surface area contributed by atoms with Gasteiger partial charge in [0.05, 0.1) is 11.4 Å². The van der Waals surface area contributed by atoms with E-state index in [-0.39, 0.29) is 0 Å². The first-order valence-corrected chi connectivity index (χ1v) is 10.8. The number of rotatable bonds is 5. The summed E-state index contributed by atoms with van der Waals surface area (Å²) in [6, 6.07) is 31.0. The third-order valence-electron chi connectivity index (χ3n) is 5.98. The van der Waals surface area contributed by atoms with E-state index in [0.717, 1.165) is 28.3 Å². The molecule has 0 saturated carbocycles. The Balaban J connectivity index is 1.76. The first kappa shape index (κ1) is 19.7. The van der Waals surface area contributed by atoms with Gasteiger partial charge in [0.25, 0.3) is 0 Å². The summed E-state index contributed by atoms with van der Waals surface area (Å²) < 4.78 is 7.76. The summed E-state index contributed by atoms with van der Waals surface area (Å²) in [5.41, 5.74) is 4.23. The molecule has 3 aromatic carbocycles. The van der Waals surface area contributed by atoms with Crippen molar-refractivity contribution in [2.24, 2.45) is 0 Å². The van der Waals surface area contributed by atoms with E-state index in [2.05, 4.69) is 53.1 Å². The second-order valence-corrected chi connectivity index (χ2v) is 8.08. The van der Waals surface area contributed by atoms with E-state index in [0.29, 0.717) is 32.6 Å². The fourth-order valence-corrected chi connectivity index (χ4v) is 4.35. The maximum Gasteiger partial charge on any atom is 0.142 e. The molecule has 1 fully saturated rings. The second-order valence-electron chi connectivity index (χ2n) is 8.08. The molecule has 4 aromatic rings. The standard InChI is InChI=1S/C27H26N2O2/c30-27(16-18-31-19-17-27)26-28-24(22-12-6-2-7-13-22)25(23-14-8-3-9-15-23)29(26)20-21-10-4-1-5-11-21/h1-15,30H,16-20H2. The number of imidazole rings is 1. The quantitative estimate of drug-likeness (QED) is 0.488. The number of aliphatic hydroxyl groups is 1. The molecular weight excluding hydrogens is 384 g/mol. The molecule has 31 heavy (non-hydrogen) atoms. The van der Waals surface area contributed by atoms with Crippen LogP contribution in [0.2, 0.25) is 0 Å². The van der Waals surface area contributed by atoms with Crippen molar-refractivity contribution in [3.8, 4) is 22.5 Å². The Kier molecular flexibility index (Phi) is 5.41. The van der Waals surface area contributed by atoms with E-state index >= 15 is 0 Å². The highest BCUT2D eigenvalue weighted by molar-refractivity contribution is 5.79. The van der Waals surface area contributed by atoms with Crippen LogP contribution in [0.25, 0.3) is 22.5 Å². The number of aromatic nitrogens is 2. The SMILES string of the molecule is OC1(c2nc(-c3ccccc3)c(-c3ccccc3)n2Cc2ccccc2)CCOCC1. The second kappa shape index (κ2) is 8.50. The van der Waals surface area contributed by atoms with Crippen molar-refractivity contribution >= 4 is 0 Å². The molecule has 5 rings (SSSR count). The monoisotopic (exact) mass is 410 g/mol. The Bertz CT molecular complexity index is 1130. The maximum atomic E-state index is 11.7. The van der Waals surface area contributed by atoms with Crippen molar-refractivity contribution in [2.45, 2.75) is 25.0 Å². The van der Waals surface area contributed by atoms with Crippen LogP contribution in [0.4, 0.5) is 0 Å². The Morgan fingerprint density at radius 3 is 1.94 bits per heavy atom. The zero-order valence-electron chi connectivity index (χ0n) is 17.4. The molecule has 156 valence electrons. The first-order valence-electron chi connectivity index (χ1n) is 10.8. The highest BCUT2D eigenvalue weighted by Gasteiger charge is 2.38. The van der Waals surface area contributed by atoms with Gasteiger partial charge < -0.3 is 14.4 Å². The average Bonchev–Trinajstić information content (AvgIpc) is 3.21. The summed E-state index contributed by atoms with van der Waals surface area (Å²) in [6.07, 6.45) is 1.09. The maximum absolute atomic E-state index is 11.7. The Hall–Kier alpha value is -3.21. The molecule has 0 unspecified atom stereocenters. The van der Waals surface area contributed by atoms with Crippen molar-refractivity contribution in [3.05, 3.63) is 102 Å². The lowest BCUT2D eigenvalue weighted by molar-refractivity contribution is -0.0749. The molecule has 0 radical (unpaired) electrons. The lowest BCUT2D eigenvalue weighted by Gasteiger charge is -2.32. The van der Waals surface area contributed by atoms with E-state index in [1.807, 2.05) is 42.5 Å². The van der Waals surface area contributed by atoms with Crippen LogP contribution in [-0.2, 0) is 16.9 Å². The van der Waals surface area contributed by atoms with Gasteiger partial charge in [-0.15, -0.1) is 0 Å². The molecule has 1 aromatic heterocycles. The van der Waals surface area contributed by atoms with Crippen LogP contribution in [0.5, 0.6) is 0 Å². The van der Waals surface area contributed by atoms with Gasteiger partial charge in [0.2, 0.25) is 0 Å². The molecular formula is C27H26N2O2. The van der Waals surface area contributed by atoms with Crippen molar-refractivity contribution in [2.75, 3.05) is 13.2 Å². The van der Waals surface area contributed by atoms with Gasteiger partial charge in [-0.2, -0.15) is 0 Å². The summed E-state index contributed by atoms with van der Waals surface area (Å²) in [5, 5.41) is 11.7. The fraction of sp³-hybridized carbons (Fsp3) is 0.222. The summed E-state index contributed by atoms with van der Waals surface area (Å²) in [7, 11) is 0. The zero-order chi connectivity index (χ0) is 21.1. The highest BCUT2D eigenvalue weighted by atomic mass is 16.5. The first-order chi connectivity index (χ1) is 15.2. The molecule has 4 heteroatoms. The van der Waals surface area contributed by atoms with Gasteiger partial charge in [-0.25, -0.2) is 4.98 Å². The van der Waals surface area contributed by atoms with Crippen LogP contribution < -0.4 is 0 Å². The molecule has 1 aliphatic heterocycles. The Labute approximate surface area is 182 Å². The molecule has 1 saturated heterocycles. The molecule has 1 N–H and O–H groups in total. The van der Waals surface area contributed by atoms with Crippen molar-refractivity contribution < 1.29 is 9.84 Å². The largest absolute Gasteiger partial charge is 0.382 e. The van der Waals surface area contributed by atoms with Crippen LogP contribution >= 0.6 is 0 Å². The summed E-state index contributed by atoms with van der Waals surface area (Å²) in [4.78, 5) is 5.11. The molecule has 1 aliphatic rings. The van der Waals surface area contributed by atoms with Crippen LogP contribution in [0.1, 0.15) is 24.2 Å². The van der Waals surface area contributed by atoms with Gasteiger partial charge in [0.15, 0.2) is 0 Å². The Morgan fingerprint density at radius 1 is 0.774 bits per heavy atom. The van der Waals surface area contributed by atoms with Gasteiger partial charge >= 0.3 is 0 Å². The van der Waals surface area contributed by atoms with E-state index in [1.165, 1.54) is 5.56 Å². The molecule has 0 amide bonds. The fourth-order valence-electron chi connectivity index (χ4n) is 4.35. The van der Waals surface area contributed by atoms with Gasteiger partial charge in [0.1, 0.15) is 11.4 Å². The predicted octanol–water partition coefficient (Wildman–Crippen LogP) is 5.26. The third-order valence-corrected chi connectivity index (χ3v) is 5.98. The lowest BCUT2D eigenvalue weighted by Crippen LogP contribution is -2.36. The highest BCUT2D eigenvalue weighted by Crippen LogP contribution is 2.39. The van der Waals surface area contributed by atoms with Crippen molar-refractivity contribution in [1.29, 1.82) is 0 Å². The van der Waals surface area contributed by atoms with Crippen molar-refractivity contribution in [1.82, 2.24) is 9.55 Å². The number of nitrogens with zero attached hydrogens (tertiary/aromatic N) is 2. The summed E-state index contributed by atoms with van der Waals surface area (Å²) in [5.74, 6) is 0.720.